The van der Waals surface area contributed by atoms with Crippen LogP contribution in [-0.4, -0.2) is 23.5 Å². The Hall–Kier alpha value is -2.92. The number of amides is 1. The molecule has 0 bridgehead atoms. The van der Waals surface area contributed by atoms with Crippen molar-refractivity contribution in [3.63, 3.8) is 0 Å². The van der Waals surface area contributed by atoms with E-state index in [0.29, 0.717) is 22.0 Å². The van der Waals surface area contributed by atoms with E-state index in [2.05, 4.69) is 10.3 Å². The Labute approximate surface area is 162 Å². The maximum absolute atomic E-state index is 12.5. The van der Waals surface area contributed by atoms with Gasteiger partial charge in [-0.25, -0.2) is 4.79 Å². The maximum Gasteiger partial charge on any atom is 0.340 e. The lowest BCUT2D eigenvalue weighted by molar-refractivity contribution is -0.119. The highest BCUT2D eigenvalue weighted by Crippen LogP contribution is 2.24. The summed E-state index contributed by atoms with van der Waals surface area (Å²) in [5, 5.41) is 4.14. The van der Waals surface area contributed by atoms with Crippen LogP contribution in [0, 0.1) is 20.8 Å². The van der Waals surface area contributed by atoms with Crippen LogP contribution in [0.4, 0.5) is 5.69 Å². The number of carbonyl (C=O) groups excluding carboxylic acids is 2. The lowest BCUT2D eigenvalue weighted by Gasteiger charge is -2.13. The fraction of sp³-hybridized carbons (Fsp3) is 0.190. The van der Waals surface area contributed by atoms with Gasteiger partial charge in [-0.3, -0.25) is 9.78 Å². The van der Waals surface area contributed by atoms with E-state index in [9.17, 15) is 9.59 Å². The van der Waals surface area contributed by atoms with Crippen molar-refractivity contribution in [3.05, 3.63) is 69.9 Å². The van der Waals surface area contributed by atoms with Gasteiger partial charge in [0.15, 0.2) is 6.61 Å². The molecule has 2 aromatic carbocycles. The van der Waals surface area contributed by atoms with E-state index in [1.54, 1.807) is 32.0 Å². The van der Waals surface area contributed by atoms with Crippen LogP contribution in [0.2, 0.25) is 5.02 Å². The number of nitrogens with one attached hydrogen (secondary N) is 1. The number of rotatable bonds is 4. The van der Waals surface area contributed by atoms with E-state index in [-0.39, 0.29) is 0 Å². The van der Waals surface area contributed by atoms with Crippen molar-refractivity contribution < 1.29 is 14.3 Å². The number of ether oxygens (including phenoxy) is 1. The smallest absolute Gasteiger partial charge is 0.340 e. The first kappa shape index (κ1) is 18.9. The summed E-state index contributed by atoms with van der Waals surface area (Å²) in [6, 6.07) is 12.8. The standard InChI is InChI=1S/C21H19ClN2O3/c1-12-15-7-4-5-9-18(15)23-14(3)20(12)21(26)27-11-19(25)24-17-10-6-8-16(22)13(17)2/h4-10H,11H2,1-3H3,(H,24,25). The molecule has 0 radical (unpaired) electrons. The van der Waals surface area contributed by atoms with E-state index in [1.807, 2.05) is 31.2 Å². The minimum absolute atomic E-state index is 0.389. The molecule has 0 atom stereocenters. The highest BCUT2D eigenvalue weighted by Gasteiger charge is 2.19. The molecule has 3 aromatic rings. The van der Waals surface area contributed by atoms with Gasteiger partial charge in [-0.2, -0.15) is 0 Å². The lowest BCUT2D eigenvalue weighted by atomic mass is 10.0. The minimum Gasteiger partial charge on any atom is -0.452 e. The predicted octanol–water partition coefficient (Wildman–Crippen LogP) is 4.61. The fourth-order valence-corrected chi connectivity index (χ4v) is 3.14. The van der Waals surface area contributed by atoms with E-state index < -0.39 is 18.5 Å². The van der Waals surface area contributed by atoms with Gasteiger partial charge in [0.25, 0.3) is 5.91 Å². The molecular weight excluding hydrogens is 364 g/mol. The molecule has 1 N–H and O–H groups in total. The molecule has 0 saturated carbocycles. The first-order valence-corrected chi connectivity index (χ1v) is 8.84. The molecule has 0 aliphatic rings. The molecule has 1 heterocycles. The number of halogens is 1. The number of hydrogen-bond donors (Lipinski definition) is 1. The van der Waals surface area contributed by atoms with Crippen LogP contribution < -0.4 is 5.32 Å². The second-order valence-corrected chi connectivity index (χ2v) is 6.66. The molecule has 0 aliphatic carbocycles. The lowest BCUT2D eigenvalue weighted by Crippen LogP contribution is -2.22. The molecule has 27 heavy (non-hydrogen) atoms. The van der Waals surface area contributed by atoms with Crippen molar-refractivity contribution in [2.45, 2.75) is 20.8 Å². The van der Waals surface area contributed by atoms with Crippen molar-refractivity contribution in [1.29, 1.82) is 0 Å². The van der Waals surface area contributed by atoms with Gasteiger partial charge in [0.05, 0.1) is 16.8 Å². The molecule has 138 valence electrons. The number of pyridine rings is 1. The molecule has 0 spiro atoms. The Morgan fingerprint density at radius 3 is 2.56 bits per heavy atom. The molecule has 6 heteroatoms. The minimum atomic E-state index is -0.568. The monoisotopic (exact) mass is 382 g/mol. The number of carbonyl (C=O) groups is 2. The van der Waals surface area contributed by atoms with Crippen LogP contribution in [0.5, 0.6) is 0 Å². The number of hydrogen-bond acceptors (Lipinski definition) is 4. The van der Waals surface area contributed by atoms with E-state index in [4.69, 9.17) is 16.3 Å². The van der Waals surface area contributed by atoms with Gasteiger partial charge >= 0.3 is 5.97 Å². The molecule has 1 aromatic heterocycles. The van der Waals surface area contributed by atoms with Gasteiger partial charge in [0.1, 0.15) is 0 Å². The van der Waals surface area contributed by atoms with Gasteiger partial charge < -0.3 is 10.1 Å². The Balaban J connectivity index is 1.73. The van der Waals surface area contributed by atoms with E-state index >= 15 is 0 Å². The Morgan fingerprint density at radius 1 is 1.04 bits per heavy atom. The summed E-state index contributed by atoms with van der Waals surface area (Å²) in [5.41, 5.74) is 3.91. The van der Waals surface area contributed by atoms with Crippen molar-refractivity contribution in [2.24, 2.45) is 0 Å². The van der Waals surface area contributed by atoms with Crippen LogP contribution in [0.3, 0.4) is 0 Å². The first-order chi connectivity index (χ1) is 12.9. The van der Waals surface area contributed by atoms with Gasteiger partial charge in [0, 0.05) is 16.1 Å². The van der Waals surface area contributed by atoms with Crippen LogP contribution in [0.15, 0.2) is 42.5 Å². The van der Waals surface area contributed by atoms with Gasteiger partial charge in [-0.15, -0.1) is 0 Å². The van der Waals surface area contributed by atoms with Crippen molar-refractivity contribution in [2.75, 3.05) is 11.9 Å². The van der Waals surface area contributed by atoms with Crippen LogP contribution >= 0.6 is 11.6 Å². The number of aromatic nitrogens is 1. The van der Waals surface area contributed by atoms with Gasteiger partial charge in [0.2, 0.25) is 0 Å². The topological polar surface area (TPSA) is 68.3 Å². The predicted molar refractivity (Wildman–Crippen MR) is 106 cm³/mol. The summed E-state index contributed by atoms with van der Waals surface area (Å²) in [6.45, 7) is 5.02. The molecule has 0 unspecified atom stereocenters. The Bertz CT molecular complexity index is 1050. The van der Waals surface area contributed by atoms with Crippen molar-refractivity contribution in [3.8, 4) is 0 Å². The largest absolute Gasteiger partial charge is 0.452 e. The van der Waals surface area contributed by atoms with Gasteiger partial charge in [-0.05, 0) is 50.1 Å². The third-order valence-electron chi connectivity index (χ3n) is 4.41. The second-order valence-electron chi connectivity index (χ2n) is 6.25. The molecule has 5 nitrogen and oxygen atoms in total. The zero-order chi connectivity index (χ0) is 19.6. The first-order valence-electron chi connectivity index (χ1n) is 8.46. The van der Waals surface area contributed by atoms with Crippen LogP contribution in [0.25, 0.3) is 10.9 Å². The zero-order valence-corrected chi connectivity index (χ0v) is 16.1. The molecule has 3 rings (SSSR count). The Morgan fingerprint density at radius 2 is 1.78 bits per heavy atom. The molecular formula is C21H19ClN2O3. The molecule has 0 saturated heterocycles. The number of para-hydroxylation sites is 1. The maximum atomic E-state index is 12.5. The number of aryl methyl sites for hydroxylation is 2. The highest BCUT2D eigenvalue weighted by molar-refractivity contribution is 6.31. The van der Waals surface area contributed by atoms with Crippen molar-refractivity contribution in [1.82, 2.24) is 4.98 Å². The normalized spacial score (nSPS) is 10.7. The molecule has 1 amide bonds. The number of nitrogens with zero attached hydrogens (tertiary/aromatic N) is 1. The summed E-state index contributed by atoms with van der Waals surface area (Å²) >= 11 is 6.04. The number of anilines is 1. The number of fused-ring (bicyclic) bond motifs is 1. The summed E-state index contributed by atoms with van der Waals surface area (Å²) < 4.78 is 5.22. The average molecular weight is 383 g/mol. The quantitative estimate of drug-likeness (QED) is 0.669. The van der Waals surface area contributed by atoms with Crippen LogP contribution in [-0.2, 0) is 9.53 Å². The molecule has 0 fully saturated rings. The summed E-state index contributed by atoms with van der Waals surface area (Å²) in [7, 11) is 0. The van der Waals surface area contributed by atoms with E-state index in [1.165, 1.54) is 0 Å². The average Bonchev–Trinajstić information content (AvgIpc) is 2.64. The second kappa shape index (κ2) is 7.76. The van der Waals surface area contributed by atoms with Crippen LogP contribution in [0.1, 0.15) is 27.2 Å². The highest BCUT2D eigenvalue weighted by atomic mass is 35.5. The third-order valence-corrected chi connectivity index (χ3v) is 4.82. The number of esters is 1. The summed E-state index contributed by atoms with van der Waals surface area (Å²) in [6.07, 6.45) is 0. The number of benzene rings is 2. The summed E-state index contributed by atoms with van der Waals surface area (Å²) in [5.74, 6) is -1.00. The summed E-state index contributed by atoms with van der Waals surface area (Å²) in [4.78, 5) is 29.1. The third kappa shape index (κ3) is 3.93. The molecule has 0 aliphatic heterocycles. The Kier molecular flexibility index (Phi) is 5.42. The zero-order valence-electron chi connectivity index (χ0n) is 15.3. The van der Waals surface area contributed by atoms with Crippen molar-refractivity contribution >= 4 is 40.1 Å². The van der Waals surface area contributed by atoms with Gasteiger partial charge in [-0.1, -0.05) is 35.9 Å². The SMILES string of the molecule is Cc1nc2ccccc2c(C)c1C(=O)OCC(=O)Nc1cccc(Cl)c1C. The van der Waals surface area contributed by atoms with E-state index in [0.717, 1.165) is 22.0 Å². The fourth-order valence-electron chi connectivity index (χ4n) is 2.96.